The van der Waals surface area contributed by atoms with Crippen molar-refractivity contribution in [3.8, 4) is 0 Å². The highest BCUT2D eigenvalue weighted by Crippen LogP contribution is 2.03. The molecule has 0 bridgehead atoms. The lowest BCUT2D eigenvalue weighted by Crippen LogP contribution is -2.48. The molecule has 2 atom stereocenters. The van der Waals surface area contributed by atoms with E-state index in [-0.39, 0.29) is 12.5 Å². The van der Waals surface area contributed by atoms with E-state index in [1.165, 1.54) is 6.08 Å². The molecule has 0 aromatic heterocycles. The first-order valence-corrected chi connectivity index (χ1v) is 5.77. The molecule has 0 fully saturated rings. The van der Waals surface area contributed by atoms with Gasteiger partial charge < -0.3 is 15.7 Å². The number of hydrogen-bond donors (Lipinski definition) is 3. The fourth-order valence-corrected chi connectivity index (χ4v) is 1.58. The van der Waals surface area contributed by atoms with Gasteiger partial charge >= 0.3 is 12.0 Å². The molecule has 17 heavy (non-hydrogen) atoms. The molecule has 2 amide bonds. The number of carboxylic acid groups (broad SMARTS) is 1. The summed E-state index contributed by atoms with van der Waals surface area (Å²) in [6, 6.07) is -1.35. The quantitative estimate of drug-likeness (QED) is 0.595. The molecule has 0 rings (SSSR count). The summed E-state index contributed by atoms with van der Waals surface area (Å²) in [6.45, 7) is 9.47. The number of amides is 2. The van der Waals surface area contributed by atoms with E-state index in [1.807, 2.05) is 6.92 Å². The zero-order valence-electron chi connectivity index (χ0n) is 10.7. The van der Waals surface area contributed by atoms with E-state index in [1.54, 1.807) is 0 Å². The van der Waals surface area contributed by atoms with Gasteiger partial charge in [-0.25, -0.2) is 9.59 Å². The van der Waals surface area contributed by atoms with Crippen molar-refractivity contribution in [3.05, 3.63) is 12.7 Å². The molecule has 0 aliphatic carbocycles. The second kappa shape index (κ2) is 7.70. The smallest absolute Gasteiger partial charge is 0.326 e. The third-order valence-electron chi connectivity index (χ3n) is 2.21. The molecule has 5 nitrogen and oxygen atoms in total. The van der Waals surface area contributed by atoms with Crippen LogP contribution in [0, 0.1) is 5.92 Å². The second-order valence-corrected chi connectivity index (χ2v) is 4.56. The minimum absolute atomic E-state index is 0.0215. The standard InChI is InChI=1S/C12H22N2O3/c1-5-6-10(11(15)16)14-12(17)13-9(4)7-8(2)3/h5,8-10H,1,6-7H2,2-4H3,(H,15,16)(H2,13,14,17). The fraction of sp³-hybridized carbons (Fsp3) is 0.667. The van der Waals surface area contributed by atoms with Gasteiger partial charge in [0, 0.05) is 6.04 Å². The summed E-state index contributed by atoms with van der Waals surface area (Å²) in [4.78, 5) is 22.3. The van der Waals surface area contributed by atoms with Crippen LogP contribution < -0.4 is 10.6 Å². The van der Waals surface area contributed by atoms with Gasteiger partial charge in [-0.3, -0.25) is 0 Å². The van der Waals surface area contributed by atoms with Crippen molar-refractivity contribution >= 4 is 12.0 Å². The highest BCUT2D eigenvalue weighted by molar-refractivity contribution is 5.82. The van der Waals surface area contributed by atoms with Gasteiger partial charge in [-0.05, 0) is 25.7 Å². The van der Waals surface area contributed by atoms with Crippen molar-refractivity contribution in [1.29, 1.82) is 0 Å². The Balaban J connectivity index is 4.14. The number of rotatable bonds is 7. The number of carbonyl (C=O) groups is 2. The Morgan fingerprint density at radius 3 is 2.29 bits per heavy atom. The van der Waals surface area contributed by atoms with Crippen LogP contribution in [0.15, 0.2) is 12.7 Å². The van der Waals surface area contributed by atoms with E-state index in [9.17, 15) is 9.59 Å². The van der Waals surface area contributed by atoms with E-state index >= 15 is 0 Å². The Kier molecular flexibility index (Phi) is 7.02. The highest BCUT2D eigenvalue weighted by Gasteiger charge is 2.19. The predicted octanol–water partition coefficient (Wildman–Crippen LogP) is 1.75. The third-order valence-corrected chi connectivity index (χ3v) is 2.21. The molecule has 0 aromatic rings. The van der Waals surface area contributed by atoms with Crippen molar-refractivity contribution in [1.82, 2.24) is 10.6 Å². The Hall–Kier alpha value is -1.52. The average molecular weight is 242 g/mol. The molecule has 3 N–H and O–H groups in total. The molecule has 0 aliphatic rings. The molecule has 0 saturated carbocycles. The van der Waals surface area contributed by atoms with Crippen LogP contribution in [0.3, 0.4) is 0 Å². The topological polar surface area (TPSA) is 78.4 Å². The predicted molar refractivity (Wildman–Crippen MR) is 66.8 cm³/mol. The monoisotopic (exact) mass is 242 g/mol. The molecule has 98 valence electrons. The van der Waals surface area contributed by atoms with E-state index in [2.05, 4.69) is 31.1 Å². The van der Waals surface area contributed by atoms with Crippen LogP contribution in [0.2, 0.25) is 0 Å². The minimum atomic E-state index is -1.06. The molecule has 0 saturated heterocycles. The summed E-state index contributed by atoms with van der Waals surface area (Å²) in [6.07, 6.45) is 2.53. The Bertz CT molecular complexity index is 277. The maximum atomic E-state index is 11.5. The van der Waals surface area contributed by atoms with Crippen molar-refractivity contribution in [2.75, 3.05) is 0 Å². The van der Waals surface area contributed by atoms with Crippen molar-refractivity contribution in [3.63, 3.8) is 0 Å². The van der Waals surface area contributed by atoms with Gasteiger partial charge in [0.2, 0.25) is 0 Å². The fourth-order valence-electron chi connectivity index (χ4n) is 1.58. The van der Waals surface area contributed by atoms with Crippen LogP contribution in [0.1, 0.15) is 33.6 Å². The Morgan fingerprint density at radius 1 is 1.29 bits per heavy atom. The van der Waals surface area contributed by atoms with Crippen LogP contribution in [0.25, 0.3) is 0 Å². The molecule has 0 spiro atoms. The third kappa shape index (κ3) is 7.38. The van der Waals surface area contributed by atoms with E-state index in [4.69, 9.17) is 5.11 Å². The normalized spacial score (nSPS) is 13.9. The van der Waals surface area contributed by atoms with Gasteiger partial charge in [-0.2, -0.15) is 0 Å². The summed E-state index contributed by atoms with van der Waals surface area (Å²) in [5.74, 6) is -0.578. The van der Waals surface area contributed by atoms with Crippen molar-refractivity contribution in [2.24, 2.45) is 5.92 Å². The number of urea groups is 1. The molecule has 0 aliphatic heterocycles. The van der Waals surface area contributed by atoms with Gasteiger partial charge in [0.15, 0.2) is 0 Å². The number of hydrogen-bond acceptors (Lipinski definition) is 2. The highest BCUT2D eigenvalue weighted by atomic mass is 16.4. The largest absolute Gasteiger partial charge is 0.480 e. The number of carbonyl (C=O) groups excluding carboxylic acids is 1. The summed E-state index contributed by atoms with van der Waals surface area (Å²) >= 11 is 0. The number of nitrogens with one attached hydrogen (secondary N) is 2. The zero-order chi connectivity index (χ0) is 13.4. The van der Waals surface area contributed by atoms with E-state index in [0.29, 0.717) is 5.92 Å². The SMILES string of the molecule is C=CCC(NC(=O)NC(C)CC(C)C)C(=O)O. The molecular weight excluding hydrogens is 220 g/mol. The first-order valence-electron chi connectivity index (χ1n) is 5.77. The molecule has 0 heterocycles. The zero-order valence-corrected chi connectivity index (χ0v) is 10.7. The molecule has 0 radical (unpaired) electrons. The van der Waals surface area contributed by atoms with Crippen LogP contribution in [0.5, 0.6) is 0 Å². The van der Waals surface area contributed by atoms with Gasteiger partial charge in [-0.1, -0.05) is 19.9 Å². The lowest BCUT2D eigenvalue weighted by Gasteiger charge is -2.18. The maximum Gasteiger partial charge on any atom is 0.326 e. The van der Waals surface area contributed by atoms with E-state index < -0.39 is 18.0 Å². The van der Waals surface area contributed by atoms with Gasteiger partial charge in [0.05, 0.1) is 0 Å². The van der Waals surface area contributed by atoms with Crippen LogP contribution in [-0.4, -0.2) is 29.2 Å². The summed E-state index contributed by atoms with van der Waals surface area (Å²) in [5, 5.41) is 14.0. The average Bonchev–Trinajstić information content (AvgIpc) is 2.14. The van der Waals surface area contributed by atoms with Gasteiger partial charge in [-0.15, -0.1) is 6.58 Å². The minimum Gasteiger partial charge on any atom is -0.480 e. The second-order valence-electron chi connectivity index (χ2n) is 4.56. The Morgan fingerprint density at radius 2 is 1.88 bits per heavy atom. The number of aliphatic carboxylic acids is 1. The first kappa shape index (κ1) is 15.5. The maximum absolute atomic E-state index is 11.5. The Labute approximate surface area is 102 Å². The summed E-state index contributed by atoms with van der Waals surface area (Å²) in [5.41, 5.74) is 0. The first-order chi connectivity index (χ1) is 7.86. The van der Waals surface area contributed by atoms with E-state index in [0.717, 1.165) is 6.42 Å². The van der Waals surface area contributed by atoms with Crippen LogP contribution in [0.4, 0.5) is 4.79 Å². The van der Waals surface area contributed by atoms with Crippen molar-refractivity contribution in [2.45, 2.75) is 45.7 Å². The van der Waals surface area contributed by atoms with Crippen molar-refractivity contribution < 1.29 is 14.7 Å². The number of carboxylic acids is 1. The van der Waals surface area contributed by atoms with Gasteiger partial charge in [0.25, 0.3) is 0 Å². The van der Waals surface area contributed by atoms with Crippen LogP contribution >= 0.6 is 0 Å². The summed E-state index contributed by atoms with van der Waals surface area (Å²) in [7, 11) is 0. The van der Waals surface area contributed by atoms with Crippen LogP contribution in [-0.2, 0) is 4.79 Å². The van der Waals surface area contributed by atoms with Gasteiger partial charge in [0.1, 0.15) is 6.04 Å². The lowest BCUT2D eigenvalue weighted by atomic mass is 10.1. The molecule has 2 unspecified atom stereocenters. The summed E-state index contributed by atoms with van der Waals surface area (Å²) < 4.78 is 0. The lowest BCUT2D eigenvalue weighted by molar-refractivity contribution is -0.139. The molecular formula is C12H22N2O3. The molecule has 5 heteroatoms. The molecule has 0 aromatic carbocycles.